The highest BCUT2D eigenvalue weighted by atomic mass is 16.3. The van der Waals surface area contributed by atoms with Crippen LogP contribution in [0.25, 0.3) is 0 Å². The number of aliphatic hydroxyl groups is 1. The molecule has 1 aromatic carbocycles. The number of hydrogen-bond acceptors (Lipinski definition) is 3. The molecule has 2 atom stereocenters. The van der Waals surface area contributed by atoms with Crippen molar-refractivity contribution < 1.29 is 9.90 Å². The van der Waals surface area contributed by atoms with E-state index in [0.717, 1.165) is 25.0 Å². The molecule has 2 unspecified atom stereocenters. The Balaban J connectivity index is 1.74. The van der Waals surface area contributed by atoms with E-state index in [4.69, 9.17) is 5.11 Å². The van der Waals surface area contributed by atoms with Crippen molar-refractivity contribution in [2.24, 2.45) is 11.0 Å². The van der Waals surface area contributed by atoms with Gasteiger partial charge in [-0.3, -0.25) is 4.79 Å². The summed E-state index contributed by atoms with van der Waals surface area (Å²) in [7, 11) is 0. The minimum absolute atomic E-state index is 0.0279. The first kappa shape index (κ1) is 13.3. The van der Waals surface area contributed by atoms with E-state index in [0.29, 0.717) is 18.9 Å². The molecular weight excluding hydrogens is 252 g/mol. The van der Waals surface area contributed by atoms with Gasteiger partial charge in [-0.05, 0) is 30.7 Å². The zero-order chi connectivity index (χ0) is 13.9. The maximum atomic E-state index is 12.0. The summed E-state index contributed by atoms with van der Waals surface area (Å²) in [5.74, 6) is 0.871. The van der Waals surface area contributed by atoms with E-state index in [-0.39, 0.29) is 18.4 Å². The van der Waals surface area contributed by atoms with Gasteiger partial charge in [-0.1, -0.05) is 30.3 Å². The molecule has 1 aliphatic heterocycles. The van der Waals surface area contributed by atoms with Gasteiger partial charge in [0.25, 0.3) is 0 Å². The lowest BCUT2D eigenvalue weighted by Gasteiger charge is -2.35. The van der Waals surface area contributed by atoms with Crippen molar-refractivity contribution in [1.82, 2.24) is 5.01 Å². The minimum atomic E-state index is -0.0279. The Labute approximate surface area is 119 Å². The monoisotopic (exact) mass is 272 g/mol. The summed E-state index contributed by atoms with van der Waals surface area (Å²) in [5.41, 5.74) is 2.52. The summed E-state index contributed by atoms with van der Waals surface area (Å²) in [6, 6.07) is 10.5. The van der Waals surface area contributed by atoms with Crippen LogP contribution in [0.15, 0.2) is 35.4 Å². The molecule has 0 spiro atoms. The fourth-order valence-electron chi connectivity index (χ4n) is 3.28. The number of nitrogens with zero attached hydrogens (tertiary/aromatic N) is 2. The summed E-state index contributed by atoms with van der Waals surface area (Å²) in [6.45, 7) is 0.289. The zero-order valence-electron chi connectivity index (χ0n) is 11.5. The fraction of sp³-hybridized carbons (Fsp3) is 0.500. The van der Waals surface area contributed by atoms with E-state index in [9.17, 15) is 4.79 Å². The highest BCUT2D eigenvalue weighted by Gasteiger charge is 2.34. The van der Waals surface area contributed by atoms with Crippen molar-refractivity contribution >= 4 is 11.6 Å². The number of fused-ring (bicyclic) bond motifs is 1. The summed E-state index contributed by atoms with van der Waals surface area (Å²) in [4.78, 5) is 12.0. The number of carbonyl (C=O) groups is 1. The van der Waals surface area contributed by atoms with Gasteiger partial charge < -0.3 is 5.11 Å². The molecular formula is C16H20N2O2. The second-order valence-corrected chi connectivity index (χ2v) is 5.61. The van der Waals surface area contributed by atoms with Crippen molar-refractivity contribution in [1.29, 1.82) is 0 Å². The molecule has 0 radical (unpaired) electrons. The normalized spacial score (nSPS) is 26.1. The maximum Gasteiger partial charge on any atom is 0.243 e. The zero-order valence-corrected chi connectivity index (χ0v) is 11.5. The van der Waals surface area contributed by atoms with Crippen molar-refractivity contribution in [2.45, 2.75) is 31.6 Å². The van der Waals surface area contributed by atoms with Crippen LogP contribution in [0.3, 0.4) is 0 Å². The first-order chi connectivity index (χ1) is 9.78. The third kappa shape index (κ3) is 2.61. The molecule has 0 saturated heterocycles. The van der Waals surface area contributed by atoms with Gasteiger partial charge in [-0.15, -0.1) is 0 Å². The standard InChI is InChI=1S/C16H20N2O2/c19-9-8-18-16(20)11-14-10-13(6-7-15(14)17-18)12-4-2-1-3-5-12/h1-5,13-14,19H,6-11H2. The van der Waals surface area contributed by atoms with E-state index < -0.39 is 0 Å². The average molecular weight is 272 g/mol. The van der Waals surface area contributed by atoms with Crippen LogP contribution < -0.4 is 0 Å². The van der Waals surface area contributed by atoms with Crippen LogP contribution in [0.5, 0.6) is 0 Å². The number of benzene rings is 1. The summed E-state index contributed by atoms with van der Waals surface area (Å²) in [6.07, 6.45) is 3.61. The number of amides is 1. The lowest BCUT2D eigenvalue weighted by Crippen LogP contribution is -2.40. The molecule has 1 heterocycles. The Bertz CT molecular complexity index is 512. The molecule has 4 heteroatoms. The van der Waals surface area contributed by atoms with Gasteiger partial charge in [0.15, 0.2) is 0 Å². The Morgan fingerprint density at radius 3 is 2.80 bits per heavy atom. The lowest BCUT2D eigenvalue weighted by molar-refractivity contribution is -0.133. The van der Waals surface area contributed by atoms with Crippen LogP contribution in [-0.4, -0.2) is 34.9 Å². The molecule has 1 aliphatic carbocycles. The summed E-state index contributed by atoms with van der Waals surface area (Å²) >= 11 is 0. The Kier molecular flexibility index (Phi) is 3.83. The predicted octanol–water partition coefficient (Wildman–Crippen LogP) is 2.15. The molecule has 0 aromatic heterocycles. The lowest BCUT2D eigenvalue weighted by atomic mass is 9.75. The molecule has 4 nitrogen and oxygen atoms in total. The smallest absolute Gasteiger partial charge is 0.243 e. The molecule has 106 valence electrons. The molecule has 3 rings (SSSR count). The third-order valence-corrected chi connectivity index (χ3v) is 4.33. The van der Waals surface area contributed by atoms with Gasteiger partial charge in [0, 0.05) is 18.1 Å². The van der Waals surface area contributed by atoms with Gasteiger partial charge in [0.2, 0.25) is 5.91 Å². The van der Waals surface area contributed by atoms with Crippen molar-refractivity contribution in [2.75, 3.05) is 13.2 Å². The molecule has 1 saturated carbocycles. The quantitative estimate of drug-likeness (QED) is 0.916. The molecule has 20 heavy (non-hydrogen) atoms. The first-order valence-corrected chi connectivity index (χ1v) is 7.31. The van der Waals surface area contributed by atoms with Crippen molar-refractivity contribution in [3.05, 3.63) is 35.9 Å². The van der Waals surface area contributed by atoms with Gasteiger partial charge in [-0.25, -0.2) is 5.01 Å². The summed E-state index contributed by atoms with van der Waals surface area (Å²) in [5, 5.41) is 14.8. The first-order valence-electron chi connectivity index (χ1n) is 7.31. The van der Waals surface area contributed by atoms with Crippen LogP contribution in [0.4, 0.5) is 0 Å². The maximum absolute atomic E-state index is 12.0. The SMILES string of the molecule is O=C1CC2CC(c3ccccc3)CCC2=NN1CCO. The van der Waals surface area contributed by atoms with Crippen molar-refractivity contribution in [3.8, 4) is 0 Å². The number of hydrogen-bond donors (Lipinski definition) is 1. The van der Waals surface area contributed by atoms with Crippen LogP contribution in [0, 0.1) is 5.92 Å². The molecule has 0 bridgehead atoms. The number of carbonyl (C=O) groups excluding carboxylic acids is 1. The van der Waals surface area contributed by atoms with Crippen LogP contribution in [0.2, 0.25) is 0 Å². The van der Waals surface area contributed by atoms with Crippen LogP contribution in [0.1, 0.15) is 37.2 Å². The minimum Gasteiger partial charge on any atom is -0.394 e. The Morgan fingerprint density at radius 1 is 1.25 bits per heavy atom. The predicted molar refractivity (Wildman–Crippen MR) is 77.4 cm³/mol. The van der Waals surface area contributed by atoms with Gasteiger partial charge in [0.1, 0.15) is 0 Å². The molecule has 1 fully saturated rings. The van der Waals surface area contributed by atoms with E-state index in [1.807, 2.05) is 6.07 Å². The Morgan fingerprint density at radius 2 is 2.05 bits per heavy atom. The highest BCUT2D eigenvalue weighted by Crippen LogP contribution is 2.38. The highest BCUT2D eigenvalue weighted by molar-refractivity contribution is 5.95. The molecule has 1 aromatic rings. The summed E-state index contributed by atoms with van der Waals surface area (Å²) < 4.78 is 0. The number of hydrazone groups is 1. The topological polar surface area (TPSA) is 52.9 Å². The van der Waals surface area contributed by atoms with Crippen molar-refractivity contribution in [3.63, 3.8) is 0 Å². The Hall–Kier alpha value is -1.68. The average Bonchev–Trinajstić information content (AvgIpc) is 2.49. The van der Waals surface area contributed by atoms with Gasteiger partial charge >= 0.3 is 0 Å². The number of aliphatic hydroxyl groups excluding tert-OH is 1. The van der Waals surface area contributed by atoms with E-state index in [1.54, 1.807) is 0 Å². The number of rotatable bonds is 3. The molecule has 1 N–H and O–H groups in total. The molecule has 1 amide bonds. The largest absolute Gasteiger partial charge is 0.394 e. The van der Waals surface area contributed by atoms with E-state index >= 15 is 0 Å². The van der Waals surface area contributed by atoms with E-state index in [2.05, 4.69) is 29.4 Å². The van der Waals surface area contributed by atoms with Crippen LogP contribution in [-0.2, 0) is 4.79 Å². The van der Waals surface area contributed by atoms with E-state index in [1.165, 1.54) is 10.6 Å². The van der Waals surface area contributed by atoms with Gasteiger partial charge in [-0.2, -0.15) is 5.10 Å². The molecule has 2 aliphatic rings. The fourth-order valence-corrected chi connectivity index (χ4v) is 3.28. The van der Waals surface area contributed by atoms with Crippen LogP contribution >= 0.6 is 0 Å². The second kappa shape index (κ2) is 5.75. The number of β-amino-alcohol motifs (C(OH)–C–C–N with tert-alkyl or cyclic N) is 1. The third-order valence-electron chi connectivity index (χ3n) is 4.33. The second-order valence-electron chi connectivity index (χ2n) is 5.61. The van der Waals surface area contributed by atoms with Gasteiger partial charge in [0.05, 0.1) is 13.2 Å².